The van der Waals surface area contributed by atoms with E-state index in [-0.39, 0.29) is 11.1 Å². The number of fused-ring (bicyclic) bond motifs is 1. The molecule has 0 unspecified atom stereocenters. The highest BCUT2D eigenvalue weighted by molar-refractivity contribution is 7.15. The van der Waals surface area contributed by atoms with Gasteiger partial charge in [0.15, 0.2) is 0 Å². The lowest BCUT2D eigenvalue weighted by atomic mass is 10.1. The number of benzene rings is 2. The Hall–Kier alpha value is -3.45. The summed E-state index contributed by atoms with van der Waals surface area (Å²) in [4.78, 5) is 30.3. The number of thiazole rings is 1. The van der Waals surface area contributed by atoms with Crippen molar-refractivity contribution in [3.63, 3.8) is 0 Å². The van der Waals surface area contributed by atoms with Gasteiger partial charge in [-0.25, -0.2) is 0 Å². The maximum Gasteiger partial charge on any atom is 0.277 e. The van der Waals surface area contributed by atoms with Crippen molar-refractivity contribution in [1.29, 1.82) is 0 Å². The Balaban J connectivity index is 1.88. The molecule has 0 aliphatic rings. The molecular weight excluding hydrogens is 400 g/mol. The summed E-state index contributed by atoms with van der Waals surface area (Å²) in [6.45, 7) is 1.79. The summed E-state index contributed by atoms with van der Waals surface area (Å²) in [6, 6.07) is 15.1. The van der Waals surface area contributed by atoms with Gasteiger partial charge in [0.05, 0.1) is 18.8 Å². The second-order valence-corrected chi connectivity index (χ2v) is 7.79. The van der Waals surface area contributed by atoms with Gasteiger partial charge in [-0.2, -0.15) is 4.98 Å². The predicted octanol–water partition coefficient (Wildman–Crippen LogP) is 2.58. The summed E-state index contributed by atoms with van der Waals surface area (Å²) in [7, 11) is 3.15. The minimum Gasteiger partial charge on any atom is -0.497 e. The maximum absolute atomic E-state index is 13.1. The molecule has 0 saturated heterocycles. The number of ether oxygens (including phenoxy) is 2. The summed E-state index contributed by atoms with van der Waals surface area (Å²) in [5.41, 5.74) is 2.39. The average Bonchev–Trinajstić information content (AvgIpc) is 3.07. The minimum atomic E-state index is -0.300. The molecule has 0 bridgehead atoms. The lowest BCUT2D eigenvalue weighted by molar-refractivity contribution is 0.393. The van der Waals surface area contributed by atoms with Gasteiger partial charge in [-0.3, -0.25) is 14.0 Å². The van der Waals surface area contributed by atoms with Crippen molar-refractivity contribution in [3.05, 3.63) is 96.2 Å². The fourth-order valence-electron chi connectivity index (χ4n) is 3.37. The van der Waals surface area contributed by atoms with Crippen molar-refractivity contribution >= 4 is 22.4 Å². The molecule has 0 radical (unpaired) electrons. The van der Waals surface area contributed by atoms with Crippen molar-refractivity contribution < 1.29 is 9.47 Å². The average molecular weight is 420 g/mol. The van der Waals surface area contributed by atoms with E-state index in [0.717, 1.165) is 11.1 Å². The molecule has 0 spiro atoms. The van der Waals surface area contributed by atoms with Gasteiger partial charge in [0.2, 0.25) is 4.96 Å². The molecule has 30 heavy (non-hydrogen) atoms. The number of hydrogen-bond donors (Lipinski definition) is 0. The van der Waals surface area contributed by atoms with Crippen molar-refractivity contribution in [2.45, 2.75) is 13.3 Å². The topological polar surface area (TPSA) is 69.9 Å². The van der Waals surface area contributed by atoms with Gasteiger partial charge in [0.1, 0.15) is 11.5 Å². The quantitative estimate of drug-likeness (QED) is 0.496. The van der Waals surface area contributed by atoms with E-state index in [1.807, 2.05) is 36.4 Å². The second kappa shape index (κ2) is 8.12. The largest absolute Gasteiger partial charge is 0.497 e. The molecule has 7 heteroatoms. The molecule has 2 heterocycles. The van der Waals surface area contributed by atoms with Crippen LogP contribution >= 0.6 is 11.3 Å². The van der Waals surface area contributed by atoms with Gasteiger partial charge >= 0.3 is 0 Å². The smallest absolute Gasteiger partial charge is 0.277 e. The first kappa shape index (κ1) is 19.8. The van der Waals surface area contributed by atoms with Crippen LogP contribution in [0.4, 0.5) is 0 Å². The summed E-state index contributed by atoms with van der Waals surface area (Å²) in [5, 5.41) is 0. The SMILES string of the molecule is COc1ccc(/C=c2\sc3nc(=O)c(Cc4ccccc4)c(C)n3c2=O)c(OC)c1. The second-order valence-electron chi connectivity index (χ2n) is 6.78. The van der Waals surface area contributed by atoms with Gasteiger partial charge < -0.3 is 9.47 Å². The minimum absolute atomic E-state index is 0.202. The van der Waals surface area contributed by atoms with Gasteiger partial charge in [0.25, 0.3) is 11.1 Å². The fourth-order valence-corrected chi connectivity index (χ4v) is 4.37. The monoisotopic (exact) mass is 420 g/mol. The van der Waals surface area contributed by atoms with E-state index < -0.39 is 0 Å². The molecule has 0 saturated carbocycles. The number of hydrogen-bond acceptors (Lipinski definition) is 6. The summed E-state index contributed by atoms with van der Waals surface area (Å²) in [6.07, 6.45) is 2.18. The molecule has 2 aromatic heterocycles. The molecular formula is C23H20N2O4S. The molecule has 6 nitrogen and oxygen atoms in total. The zero-order valence-corrected chi connectivity index (χ0v) is 17.7. The van der Waals surface area contributed by atoms with E-state index in [1.54, 1.807) is 39.4 Å². The van der Waals surface area contributed by atoms with E-state index in [4.69, 9.17) is 9.47 Å². The van der Waals surface area contributed by atoms with E-state index in [2.05, 4.69) is 4.98 Å². The number of aryl methyl sites for hydroxylation is 1. The van der Waals surface area contributed by atoms with Crippen LogP contribution in [0, 0.1) is 6.92 Å². The van der Waals surface area contributed by atoms with Crippen LogP contribution in [-0.2, 0) is 6.42 Å². The molecule has 4 aromatic rings. The highest BCUT2D eigenvalue weighted by atomic mass is 32.1. The van der Waals surface area contributed by atoms with E-state index >= 15 is 0 Å². The Morgan fingerprint density at radius 2 is 1.83 bits per heavy atom. The van der Waals surface area contributed by atoms with Crippen molar-refractivity contribution in [1.82, 2.24) is 9.38 Å². The third-order valence-corrected chi connectivity index (χ3v) is 5.95. The zero-order chi connectivity index (χ0) is 21.3. The Morgan fingerprint density at radius 3 is 2.53 bits per heavy atom. The standard InChI is InChI=1S/C23H20N2O4S/c1-14-18(11-15-7-5-4-6-8-15)21(26)24-23-25(14)22(27)20(30-23)12-16-9-10-17(28-2)13-19(16)29-3/h4-10,12-13H,11H2,1-3H3/b20-12-. The van der Waals surface area contributed by atoms with Crippen molar-refractivity contribution in [3.8, 4) is 11.5 Å². The highest BCUT2D eigenvalue weighted by Crippen LogP contribution is 2.25. The van der Waals surface area contributed by atoms with Gasteiger partial charge in [-0.1, -0.05) is 41.7 Å². The molecule has 0 aliphatic heterocycles. The van der Waals surface area contributed by atoms with Gasteiger partial charge in [-0.05, 0) is 30.7 Å². The Bertz CT molecular complexity index is 1390. The van der Waals surface area contributed by atoms with Crippen LogP contribution in [0.3, 0.4) is 0 Å². The lowest BCUT2D eigenvalue weighted by Crippen LogP contribution is -2.27. The number of aromatic nitrogens is 2. The first-order valence-corrected chi connectivity index (χ1v) is 10.2. The first-order valence-electron chi connectivity index (χ1n) is 9.34. The highest BCUT2D eigenvalue weighted by Gasteiger charge is 2.15. The van der Waals surface area contributed by atoms with Crippen LogP contribution in [-0.4, -0.2) is 23.6 Å². The lowest BCUT2D eigenvalue weighted by Gasteiger charge is -2.06. The molecule has 0 atom stereocenters. The Labute approximate surface area is 176 Å². The summed E-state index contributed by atoms with van der Waals surface area (Å²) >= 11 is 1.19. The molecule has 4 rings (SSSR count). The predicted molar refractivity (Wildman–Crippen MR) is 118 cm³/mol. The third kappa shape index (κ3) is 3.59. The fraction of sp³-hybridized carbons (Fsp3) is 0.174. The summed E-state index contributed by atoms with van der Waals surface area (Å²) < 4.78 is 12.6. The number of nitrogens with zero attached hydrogens (tertiary/aromatic N) is 2. The maximum atomic E-state index is 13.1. The Morgan fingerprint density at radius 1 is 1.07 bits per heavy atom. The van der Waals surface area contributed by atoms with E-state index in [0.29, 0.717) is 38.7 Å². The van der Waals surface area contributed by atoms with E-state index in [1.165, 1.54) is 15.7 Å². The summed E-state index contributed by atoms with van der Waals surface area (Å²) in [5.74, 6) is 1.26. The van der Waals surface area contributed by atoms with Crippen LogP contribution < -0.4 is 25.1 Å². The van der Waals surface area contributed by atoms with E-state index in [9.17, 15) is 9.59 Å². The van der Waals surface area contributed by atoms with Crippen LogP contribution in [0.1, 0.15) is 22.4 Å². The van der Waals surface area contributed by atoms with Crippen molar-refractivity contribution in [2.75, 3.05) is 14.2 Å². The van der Waals surface area contributed by atoms with Crippen LogP contribution in [0.2, 0.25) is 0 Å². The Kier molecular flexibility index (Phi) is 5.37. The van der Waals surface area contributed by atoms with Crippen LogP contribution in [0.25, 0.3) is 11.0 Å². The molecule has 0 aliphatic carbocycles. The molecule has 0 N–H and O–H groups in total. The van der Waals surface area contributed by atoms with Crippen molar-refractivity contribution in [2.24, 2.45) is 0 Å². The third-order valence-electron chi connectivity index (χ3n) is 4.98. The number of methoxy groups -OCH3 is 2. The first-order chi connectivity index (χ1) is 14.5. The van der Waals surface area contributed by atoms with Gasteiger partial charge in [-0.15, -0.1) is 0 Å². The van der Waals surface area contributed by atoms with Gasteiger partial charge in [0, 0.05) is 29.3 Å². The normalized spacial score (nSPS) is 11.8. The molecule has 0 amide bonds. The number of rotatable bonds is 5. The molecule has 2 aromatic carbocycles. The zero-order valence-electron chi connectivity index (χ0n) is 16.8. The molecule has 152 valence electrons. The van der Waals surface area contributed by atoms with Crippen LogP contribution in [0.15, 0.2) is 58.1 Å². The van der Waals surface area contributed by atoms with Crippen LogP contribution in [0.5, 0.6) is 11.5 Å². The molecule has 0 fully saturated rings.